The van der Waals surface area contributed by atoms with E-state index >= 15 is 0 Å². The summed E-state index contributed by atoms with van der Waals surface area (Å²) in [5.41, 5.74) is 2.24. The molecule has 146 valence electrons. The van der Waals surface area contributed by atoms with E-state index in [1.807, 2.05) is 6.92 Å². The molecule has 0 radical (unpaired) electrons. The summed E-state index contributed by atoms with van der Waals surface area (Å²) in [6, 6.07) is 5.65. The molecule has 27 heavy (non-hydrogen) atoms. The molecule has 10 heteroatoms. The highest BCUT2D eigenvalue weighted by Crippen LogP contribution is 2.18. The molecule has 1 aromatic carbocycles. The number of nitrogens with zero attached hydrogens (tertiary/aromatic N) is 3. The Hall–Kier alpha value is -2.72. The van der Waals surface area contributed by atoms with Gasteiger partial charge >= 0.3 is 0 Å². The van der Waals surface area contributed by atoms with Crippen LogP contribution in [0.15, 0.2) is 29.2 Å². The van der Waals surface area contributed by atoms with Gasteiger partial charge in [0.25, 0.3) is 5.91 Å². The van der Waals surface area contributed by atoms with E-state index in [9.17, 15) is 18.0 Å². The van der Waals surface area contributed by atoms with Gasteiger partial charge in [0.15, 0.2) is 0 Å². The summed E-state index contributed by atoms with van der Waals surface area (Å²) >= 11 is 0. The molecule has 0 aliphatic carbocycles. The Morgan fingerprint density at radius 3 is 2.44 bits per heavy atom. The molecule has 2 rings (SSSR count). The normalized spacial score (nSPS) is 11.5. The molecule has 2 aromatic rings. The number of rotatable bonds is 6. The Morgan fingerprint density at radius 1 is 1.22 bits per heavy atom. The zero-order valence-electron chi connectivity index (χ0n) is 15.9. The number of benzene rings is 1. The third kappa shape index (κ3) is 4.52. The Labute approximate surface area is 158 Å². The first-order valence-electron chi connectivity index (χ1n) is 8.15. The van der Waals surface area contributed by atoms with Crippen LogP contribution in [-0.2, 0) is 21.9 Å². The van der Waals surface area contributed by atoms with Gasteiger partial charge in [0.1, 0.15) is 0 Å². The van der Waals surface area contributed by atoms with Crippen molar-refractivity contribution in [3.05, 3.63) is 41.2 Å². The highest BCUT2D eigenvalue weighted by Gasteiger charge is 2.19. The number of amides is 2. The van der Waals surface area contributed by atoms with Gasteiger partial charge in [0.05, 0.1) is 28.5 Å². The van der Waals surface area contributed by atoms with Crippen molar-refractivity contribution >= 4 is 27.5 Å². The largest absolute Gasteiger partial charge is 0.343 e. The summed E-state index contributed by atoms with van der Waals surface area (Å²) in [6.07, 6.45) is 0. The number of sulfonamides is 1. The lowest BCUT2D eigenvalue weighted by Gasteiger charge is -2.12. The van der Waals surface area contributed by atoms with E-state index in [4.69, 9.17) is 0 Å². The Kier molecular flexibility index (Phi) is 6.01. The molecule has 0 aliphatic heterocycles. The van der Waals surface area contributed by atoms with Crippen molar-refractivity contribution in [1.29, 1.82) is 0 Å². The quantitative estimate of drug-likeness (QED) is 0.748. The number of carbonyl (C=O) groups is 2. The molecule has 9 nitrogen and oxygen atoms in total. The number of carbonyl (C=O) groups excluding carboxylic acids is 2. The molecule has 0 unspecified atom stereocenters. The molecule has 0 fully saturated rings. The van der Waals surface area contributed by atoms with Crippen molar-refractivity contribution in [1.82, 2.24) is 19.4 Å². The predicted octanol–water partition coefficient (Wildman–Crippen LogP) is 0.656. The number of anilines is 1. The van der Waals surface area contributed by atoms with E-state index in [2.05, 4.69) is 15.7 Å². The van der Waals surface area contributed by atoms with Crippen LogP contribution in [0, 0.1) is 13.8 Å². The third-order valence-electron chi connectivity index (χ3n) is 4.06. The van der Waals surface area contributed by atoms with E-state index in [0.717, 1.165) is 10.00 Å². The third-order valence-corrected chi connectivity index (χ3v) is 5.87. The molecule has 0 spiro atoms. The van der Waals surface area contributed by atoms with Crippen LogP contribution in [-0.4, -0.2) is 55.0 Å². The monoisotopic (exact) mass is 393 g/mol. The van der Waals surface area contributed by atoms with Crippen LogP contribution < -0.4 is 10.6 Å². The van der Waals surface area contributed by atoms with Crippen LogP contribution >= 0.6 is 0 Å². The van der Waals surface area contributed by atoms with Crippen molar-refractivity contribution in [2.24, 2.45) is 7.05 Å². The minimum absolute atomic E-state index is 0.00575. The van der Waals surface area contributed by atoms with Gasteiger partial charge in [-0.15, -0.1) is 0 Å². The Bertz CT molecular complexity index is 979. The van der Waals surface area contributed by atoms with Gasteiger partial charge < -0.3 is 10.6 Å². The number of nitrogens with one attached hydrogen (secondary N) is 2. The van der Waals surface area contributed by atoms with Gasteiger partial charge in [-0.25, -0.2) is 12.7 Å². The maximum absolute atomic E-state index is 12.3. The second-order valence-electron chi connectivity index (χ2n) is 6.22. The molecule has 1 heterocycles. The van der Waals surface area contributed by atoms with Crippen LogP contribution in [0.1, 0.15) is 21.7 Å². The smallest absolute Gasteiger partial charge is 0.251 e. The molecule has 2 amide bonds. The summed E-state index contributed by atoms with van der Waals surface area (Å²) in [7, 11) is 0.948. The lowest BCUT2D eigenvalue weighted by Crippen LogP contribution is -2.33. The van der Waals surface area contributed by atoms with Gasteiger partial charge in [-0.2, -0.15) is 5.10 Å². The van der Waals surface area contributed by atoms with E-state index in [1.54, 1.807) is 18.7 Å². The van der Waals surface area contributed by atoms with Crippen LogP contribution in [0.4, 0.5) is 5.69 Å². The Balaban J connectivity index is 2.05. The highest BCUT2D eigenvalue weighted by molar-refractivity contribution is 7.89. The van der Waals surface area contributed by atoms with Crippen molar-refractivity contribution in [3.8, 4) is 0 Å². The number of hydrogen-bond acceptors (Lipinski definition) is 5. The second kappa shape index (κ2) is 7.89. The van der Waals surface area contributed by atoms with Crippen LogP contribution in [0.2, 0.25) is 0 Å². The summed E-state index contributed by atoms with van der Waals surface area (Å²) in [6.45, 7) is 3.35. The first-order chi connectivity index (χ1) is 12.5. The zero-order chi connectivity index (χ0) is 20.4. The van der Waals surface area contributed by atoms with Gasteiger partial charge in [-0.1, -0.05) is 6.07 Å². The van der Waals surface area contributed by atoms with Gasteiger partial charge in [0, 0.05) is 26.7 Å². The fourth-order valence-electron chi connectivity index (χ4n) is 2.41. The lowest BCUT2D eigenvalue weighted by atomic mass is 10.2. The maximum atomic E-state index is 12.3. The average Bonchev–Trinajstić information content (AvgIpc) is 2.85. The molecule has 1 aromatic heterocycles. The number of aromatic nitrogens is 2. The van der Waals surface area contributed by atoms with Gasteiger partial charge in [0.2, 0.25) is 15.9 Å². The van der Waals surface area contributed by atoms with Crippen molar-refractivity contribution < 1.29 is 18.0 Å². The SMILES string of the molecule is Cc1nn(C)c(C)c1NC(=O)CNC(=O)c1cccc(S(=O)(=O)N(C)C)c1. The topological polar surface area (TPSA) is 113 Å². The van der Waals surface area contributed by atoms with E-state index in [0.29, 0.717) is 11.4 Å². The lowest BCUT2D eigenvalue weighted by molar-refractivity contribution is -0.115. The second-order valence-corrected chi connectivity index (χ2v) is 8.37. The minimum Gasteiger partial charge on any atom is -0.343 e. The molecule has 2 N–H and O–H groups in total. The van der Waals surface area contributed by atoms with Crippen LogP contribution in [0.5, 0.6) is 0 Å². The van der Waals surface area contributed by atoms with Crippen LogP contribution in [0.3, 0.4) is 0 Å². The van der Waals surface area contributed by atoms with E-state index < -0.39 is 21.8 Å². The first kappa shape index (κ1) is 20.6. The standard InChI is InChI=1S/C17H23N5O4S/c1-11-16(12(2)22(5)20-11)19-15(23)10-18-17(24)13-7-6-8-14(9-13)27(25,26)21(3)4/h6-9H,10H2,1-5H3,(H,18,24)(H,19,23). The first-order valence-corrected chi connectivity index (χ1v) is 9.59. The fraction of sp³-hybridized carbons (Fsp3) is 0.353. The molecular weight excluding hydrogens is 370 g/mol. The van der Waals surface area contributed by atoms with E-state index in [1.165, 1.54) is 38.4 Å². The molecule has 0 bridgehead atoms. The molecule has 0 atom stereocenters. The molecular formula is C17H23N5O4S. The number of hydrogen-bond donors (Lipinski definition) is 2. The average molecular weight is 393 g/mol. The Morgan fingerprint density at radius 2 is 1.89 bits per heavy atom. The fourth-order valence-corrected chi connectivity index (χ4v) is 3.36. The number of aryl methyl sites for hydroxylation is 2. The van der Waals surface area contributed by atoms with Gasteiger partial charge in [-0.3, -0.25) is 14.3 Å². The summed E-state index contributed by atoms with van der Waals surface area (Å²) in [4.78, 5) is 24.4. The van der Waals surface area contributed by atoms with Crippen molar-refractivity contribution in [2.75, 3.05) is 26.0 Å². The molecule has 0 saturated carbocycles. The summed E-state index contributed by atoms with van der Waals surface area (Å²) in [5.74, 6) is -0.944. The molecule has 0 aliphatic rings. The summed E-state index contributed by atoms with van der Waals surface area (Å²) < 4.78 is 27.0. The minimum atomic E-state index is -3.65. The highest BCUT2D eigenvalue weighted by atomic mass is 32.2. The van der Waals surface area contributed by atoms with Crippen LogP contribution in [0.25, 0.3) is 0 Å². The predicted molar refractivity (Wildman–Crippen MR) is 101 cm³/mol. The van der Waals surface area contributed by atoms with E-state index in [-0.39, 0.29) is 17.0 Å². The zero-order valence-corrected chi connectivity index (χ0v) is 16.7. The summed E-state index contributed by atoms with van der Waals surface area (Å²) in [5, 5.41) is 9.41. The van der Waals surface area contributed by atoms with Crippen molar-refractivity contribution in [3.63, 3.8) is 0 Å². The maximum Gasteiger partial charge on any atom is 0.251 e. The molecule has 0 saturated heterocycles. The van der Waals surface area contributed by atoms with Gasteiger partial charge in [-0.05, 0) is 32.0 Å². The van der Waals surface area contributed by atoms with Crippen molar-refractivity contribution in [2.45, 2.75) is 18.7 Å².